The zero-order valence-corrected chi connectivity index (χ0v) is 17.6. The topological polar surface area (TPSA) is 102 Å². The lowest BCUT2D eigenvalue weighted by atomic mass is 10.1. The summed E-state index contributed by atoms with van der Waals surface area (Å²) in [6, 6.07) is 9.61. The van der Waals surface area contributed by atoms with E-state index in [4.69, 9.17) is 16.3 Å². The van der Waals surface area contributed by atoms with Crippen molar-refractivity contribution >= 4 is 47.2 Å². The van der Waals surface area contributed by atoms with Gasteiger partial charge in [0.2, 0.25) is 0 Å². The van der Waals surface area contributed by atoms with E-state index in [1.165, 1.54) is 37.5 Å². The first-order chi connectivity index (χ1) is 14.8. The van der Waals surface area contributed by atoms with Gasteiger partial charge in [-0.25, -0.2) is 14.5 Å². The zero-order chi connectivity index (χ0) is 22.5. The Morgan fingerprint density at radius 2 is 1.84 bits per heavy atom. The molecule has 0 saturated carbocycles. The number of rotatable bonds is 6. The molecule has 160 valence electrons. The van der Waals surface area contributed by atoms with Crippen molar-refractivity contribution in [2.75, 3.05) is 18.6 Å². The molecule has 1 fully saturated rings. The number of barbiturate groups is 1. The van der Waals surface area contributed by atoms with Gasteiger partial charge in [0, 0.05) is 0 Å². The number of nitrogens with zero attached hydrogens (tertiary/aromatic N) is 1. The van der Waals surface area contributed by atoms with Gasteiger partial charge < -0.3 is 9.47 Å². The number of amides is 4. The van der Waals surface area contributed by atoms with Crippen LogP contribution in [0.25, 0.3) is 6.08 Å². The van der Waals surface area contributed by atoms with Crippen LogP contribution < -0.4 is 15.0 Å². The zero-order valence-electron chi connectivity index (χ0n) is 16.8. The van der Waals surface area contributed by atoms with Gasteiger partial charge in [0.25, 0.3) is 11.8 Å². The molecule has 2 aromatic rings. The number of nitrogens with one attached hydrogen (secondary N) is 1. The highest BCUT2D eigenvalue weighted by Gasteiger charge is 2.36. The van der Waals surface area contributed by atoms with E-state index in [2.05, 4.69) is 10.1 Å². The molecule has 0 atom stereocenters. The third kappa shape index (κ3) is 4.75. The molecule has 1 aliphatic rings. The summed E-state index contributed by atoms with van der Waals surface area (Å²) in [6.45, 7) is 2.48. The number of ether oxygens (including phenoxy) is 2. The standard InChI is InChI=1S/C22H19ClN2O6/c1-3-10-31-18-9-4-13(12-17(18)23)11-16-19(26)24-22(29)25(20(16)27)15-7-5-14(6-8-15)21(28)30-2/h4-9,11-12H,3,10H2,1-2H3,(H,24,26,29)/b16-11+. The van der Waals surface area contributed by atoms with Crippen molar-refractivity contribution in [3.8, 4) is 5.75 Å². The Balaban J connectivity index is 1.90. The summed E-state index contributed by atoms with van der Waals surface area (Å²) in [6.07, 6.45) is 2.16. The van der Waals surface area contributed by atoms with Crippen LogP contribution in [0, 0.1) is 0 Å². The van der Waals surface area contributed by atoms with Gasteiger partial charge in [-0.1, -0.05) is 24.6 Å². The van der Waals surface area contributed by atoms with Gasteiger partial charge in [-0.3, -0.25) is 14.9 Å². The lowest BCUT2D eigenvalue weighted by Gasteiger charge is -2.26. The lowest BCUT2D eigenvalue weighted by Crippen LogP contribution is -2.54. The average molecular weight is 443 g/mol. The quantitative estimate of drug-likeness (QED) is 0.416. The smallest absolute Gasteiger partial charge is 0.337 e. The number of halogens is 1. The molecular weight excluding hydrogens is 424 g/mol. The molecule has 0 aromatic heterocycles. The van der Waals surface area contributed by atoms with E-state index in [0.29, 0.717) is 22.9 Å². The molecule has 3 rings (SSSR count). The van der Waals surface area contributed by atoms with E-state index in [-0.39, 0.29) is 16.8 Å². The van der Waals surface area contributed by atoms with Crippen LogP contribution in [0.1, 0.15) is 29.3 Å². The minimum absolute atomic E-state index is 0.190. The maximum Gasteiger partial charge on any atom is 0.337 e. The number of anilines is 1. The maximum atomic E-state index is 12.9. The third-order valence-corrected chi connectivity index (χ3v) is 4.67. The van der Waals surface area contributed by atoms with Gasteiger partial charge in [-0.15, -0.1) is 0 Å². The van der Waals surface area contributed by atoms with E-state index in [9.17, 15) is 19.2 Å². The Labute approximate surface area is 183 Å². The number of urea groups is 1. The van der Waals surface area contributed by atoms with Crippen molar-refractivity contribution in [2.45, 2.75) is 13.3 Å². The molecule has 0 bridgehead atoms. The first-order valence-corrected chi connectivity index (χ1v) is 9.75. The molecule has 4 amide bonds. The summed E-state index contributed by atoms with van der Waals surface area (Å²) >= 11 is 6.21. The molecule has 0 aliphatic carbocycles. The first kappa shape index (κ1) is 22.0. The molecule has 31 heavy (non-hydrogen) atoms. The van der Waals surface area contributed by atoms with Crippen LogP contribution in [0.2, 0.25) is 5.02 Å². The van der Waals surface area contributed by atoms with Crippen molar-refractivity contribution in [3.05, 3.63) is 64.2 Å². The largest absolute Gasteiger partial charge is 0.492 e. The summed E-state index contributed by atoms with van der Waals surface area (Å²) in [5, 5.41) is 2.47. The van der Waals surface area contributed by atoms with Crippen LogP contribution in [0.15, 0.2) is 48.0 Å². The second kappa shape index (κ2) is 9.44. The average Bonchev–Trinajstić information content (AvgIpc) is 2.76. The molecule has 8 nitrogen and oxygen atoms in total. The van der Waals surface area contributed by atoms with Crippen molar-refractivity contribution in [2.24, 2.45) is 0 Å². The van der Waals surface area contributed by atoms with Crippen molar-refractivity contribution in [1.82, 2.24) is 5.32 Å². The fraction of sp³-hybridized carbons (Fsp3) is 0.182. The molecule has 1 aliphatic heterocycles. The number of imide groups is 2. The van der Waals surface area contributed by atoms with Crippen LogP contribution in [-0.2, 0) is 14.3 Å². The van der Waals surface area contributed by atoms with Gasteiger partial charge in [0.1, 0.15) is 11.3 Å². The summed E-state index contributed by atoms with van der Waals surface area (Å²) in [7, 11) is 1.25. The number of hydrogen-bond acceptors (Lipinski definition) is 6. The Morgan fingerprint density at radius 3 is 2.45 bits per heavy atom. The highest BCUT2D eigenvalue weighted by Crippen LogP contribution is 2.28. The Bertz CT molecular complexity index is 1080. The van der Waals surface area contributed by atoms with Gasteiger partial charge in [0.05, 0.1) is 30.0 Å². The van der Waals surface area contributed by atoms with Gasteiger partial charge >= 0.3 is 12.0 Å². The minimum atomic E-state index is -0.890. The Hall–Kier alpha value is -3.65. The molecular formula is C22H19ClN2O6. The summed E-state index contributed by atoms with van der Waals surface area (Å²) < 4.78 is 10.1. The van der Waals surface area contributed by atoms with E-state index >= 15 is 0 Å². The Morgan fingerprint density at radius 1 is 1.13 bits per heavy atom. The van der Waals surface area contributed by atoms with Crippen molar-refractivity contribution in [1.29, 1.82) is 0 Å². The highest BCUT2D eigenvalue weighted by molar-refractivity contribution is 6.39. The van der Waals surface area contributed by atoms with Crippen LogP contribution in [0.5, 0.6) is 5.75 Å². The maximum absolute atomic E-state index is 12.9. The van der Waals surface area contributed by atoms with E-state index < -0.39 is 23.8 Å². The molecule has 0 spiro atoms. The monoisotopic (exact) mass is 442 g/mol. The number of carbonyl (C=O) groups excluding carboxylic acids is 4. The van der Waals surface area contributed by atoms with E-state index in [1.807, 2.05) is 6.92 Å². The van der Waals surface area contributed by atoms with E-state index in [1.54, 1.807) is 18.2 Å². The van der Waals surface area contributed by atoms with Crippen LogP contribution >= 0.6 is 11.6 Å². The third-order valence-electron chi connectivity index (χ3n) is 4.38. The van der Waals surface area contributed by atoms with Gasteiger partial charge in [0.15, 0.2) is 0 Å². The number of carbonyl (C=O) groups is 4. The van der Waals surface area contributed by atoms with Crippen molar-refractivity contribution < 1.29 is 28.7 Å². The second-order valence-corrected chi connectivity index (χ2v) is 6.94. The van der Waals surface area contributed by atoms with Crippen LogP contribution in [-0.4, -0.2) is 37.5 Å². The first-order valence-electron chi connectivity index (χ1n) is 9.38. The lowest BCUT2D eigenvalue weighted by molar-refractivity contribution is -0.122. The number of methoxy groups -OCH3 is 1. The normalized spacial score (nSPS) is 15.1. The second-order valence-electron chi connectivity index (χ2n) is 6.53. The highest BCUT2D eigenvalue weighted by atomic mass is 35.5. The minimum Gasteiger partial charge on any atom is -0.492 e. The fourth-order valence-electron chi connectivity index (χ4n) is 2.86. The number of esters is 1. The SMILES string of the molecule is CCCOc1ccc(/C=C2\C(=O)NC(=O)N(c3ccc(C(=O)OC)cc3)C2=O)cc1Cl. The number of benzene rings is 2. The van der Waals surface area contributed by atoms with Crippen LogP contribution in [0.4, 0.5) is 10.5 Å². The molecule has 9 heteroatoms. The predicted octanol–water partition coefficient (Wildman–Crippen LogP) is 3.58. The van der Waals surface area contributed by atoms with Crippen molar-refractivity contribution in [3.63, 3.8) is 0 Å². The molecule has 2 aromatic carbocycles. The van der Waals surface area contributed by atoms with Gasteiger partial charge in [-0.2, -0.15) is 0 Å². The number of hydrogen-bond donors (Lipinski definition) is 1. The molecule has 1 saturated heterocycles. The molecule has 1 heterocycles. The Kier molecular flexibility index (Phi) is 6.71. The molecule has 0 unspecified atom stereocenters. The van der Waals surface area contributed by atoms with Gasteiger partial charge in [-0.05, 0) is 54.5 Å². The molecule has 1 N–H and O–H groups in total. The van der Waals surface area contributed by atoms with Crippen LogP contribution in [0.3, 0.4) is 0 Å². The van der Waals surface area contributed by atoms with E-state index in [0.717, 1.165) is 11.3 Å². The summed E-state index contributed by atoms with van der Waals surface area (Å²) in [5.41, 5.74) is 0.690. The fourth-order valence-corrected chi connectivity index (χ4v) is 3.10. The predicted molar refractivity (Wildman–Crippen MR) is 114 cm³/mol. The molecule has 0 radical (unpaired) electrons. The summed E-state index contributed by atoms with van der Waals surface area (Å²) in [5.74, 6) is -1.69. The summed E-state index contributed by atoms with van der Waals surface area (Å²) in [4.78, 5) is 50.0.